The molecule has 3 aromatic rings. The van der Waals surface area contributed by atoms with Gasteiger partial charge in [-0.25, -0.2) is 4.79 Å². The molecule has 3 aromatic carbocycles. The van der Waals surface area contributed by atoms with E-state index in [1.165, 1.54) is 36.8 Å². The van der Waals surface area contributed by atoms with Crippen molar-refractivity contribution in [3.63, 3.8) is 0 Å². The number of carboxylic acid groups (broad SMARTS) is 1. The second-order valence-corrected chi connectivity index (χ2v) is 10.9. The number of nitrogens with two attached hydrogens (primary N) is 1. The van der Waals surface area contributed by atoms with Crippen LogP contribution < -0.4 is 10.6 Å². The zero-order valence-electron chi connectivity index (χ0n) is 23.9. The molecule has 5 rings (SSSR count). The van der Waals surface area contributed by atoms with Gasteiger partial charge >= 0.3 is 5.97 Å². The van der Waals surface area contributed by atoms with E-state index in [0.717, 1.165) is 38.8 Å². The van der Waals surface area contributed by atoms with Crippen molar-refractivity contribution in [3.05, 3.63) is 108 Å². The first-order valence-corrected chi connectivity index (χ1v) is 14.9. The summed E-state index contributed by atoms with van der Waals surface area (Å²) in [7, 11) is 0. The maximum absolute atomic E-state index is 10.2. The summed E-state index contributed by atoms with van der Waals surface area (Å²) in [6, 6.07) is 29.8. The third-order valence-corrected chi connectivity index (χ3v) is 7.77. The van der Waals surface area contributed by atoms with E-state index in [2.05, 4.69) is 47.0 Å². The first-order chi connectivity index (χ1) is 19.9. The fourth-order valence-electron chi connectivity index (χ4n) is 5.29. The van der Waals surface area contributed by atoms with Gasteiger partial charge < -0.3 is 31.1 Å². The van der Waals surface area contributed by atoms with Gasteiger partial charge in [0.15, 0.2) is 6.10 Å². The van der Waals surface area contributed by atoms with E-state index in [9.17, 15) is 15.0 Å². The number of nitrogens with one attached hydrogen (secondary N) is 1. The average Bonchev–Trinajstić information content (AvgIpc) is 3.02. The lowest BCUT2D eigenvalue weighted by molar-refractivity contribution is -0.713. The Balaban J connectivity index is 0.000000172. The van der Waals surface area contributed by atoms with E-state index < -0.39 is 12.1 Å². The van der Waals surface area contributed by atoms with Crippen molar-refractivity contribution in [2.75, 3.05) is 0 Å². The van der Waals surface area contributed by atoms with Gasteiger partial charge in [0.05, 0.1) is 6.10 Å². The van der Waals surface area contributed by atoms with E-state index in [0.29, 0.717) is 17.6 Å². The zero-order chi connectivity index (χ0) is 29.3. The number of hydrogen-bond acceptors (Lipinski definition) is 5. The Morgan fingerprint density at radius 1 is 0.732 bits per heavy atom. The Kier molecular flexibility index (Phi) is 14.5. The number of rotatable bonds is 8. The normalized spacial score (nSPS) is 22.7. The highest BCUT2D eigenvalue weighted by Gasteiger charge is 2.25. The smallest absolute Gasteiger partial charge is 0.337 e. The molecule has 0 spiro atoms. The predicted molar refractivity (Wildman–Crippen MR) is 161 cm³/mol. The van der Waals surface area contributed by atoms with Gasteiger partial charge in [-0.3, -0.25) is 0 Å². The van der Waals surface area contributed by atoms with Crippen LogP contribution >= 0.6 is 0 Å². The van der Waals surface area contributed by atoms with Gasteiger partial charge in [0.1, 0.15) is 18.7 Å². The predicted octanol–water partition coefficient (Wildman–Crippen LogP) is 3.94. The molecular weight excluding hydrogens is 516 g/mol. The molecule has 0 aliphatic heterocycles. The minimum Gasteiger partial charge on any atom is -0.479 e. The third-order valence-electron chi connectivity index (χ3n) is 7.77. The lowest BCUT2D eigenvalue weighted by atomic mass is 9.92. The molecular formula is C34H47N2O5+. The maximum Gasteiger partial charge on any atom is 0.337 e. The molecule has 0 amide bonds. The van der Waals surface area contributed by atoms with Gasteiger partial charge in [-0.15, -0.1) is 0 Å². The summed E-state index contributed by atoms with van der Waals surface area (Å²) in [6.45, 7) is 1.85. The minimum atomic E-state index is -1.41. The van der Waals surface area contributed by atoms with Crippen LogP contribution in [0.3, 0.4) is 0 Å². The van der Waals surface area contributed by atoms with Crippen LogP contribution in [0, 0.1) is 0 Å². The van der Waals surface area contributed by atoms with Crippen molar-refractivity contribution in [2.24, 2.45) is 0 Å². The molecule has 2 saturated carbocycles. The van der Waals surface area contributed by atoms with Crippen molar-refractivity contribution >= 4 is 5.97 Å². The molecule has 222 valence electrons. The number of aliphatic carboxylic acids is 1. The summed E-state index contributed by atoms with van der Waals surface area (Å²) in [5, 5.41) is 42.7. The molecule has 2 aliphatic carbocycles. The first-order valence-electron chi connectivity index (χ1n) is 14.9. The summed E-state index contributed by atoms with van der Waals surface area (Å²) < 4.78 is 0. The van der Waals surface area contributed by atoms with E-state index in [1.54, 1.807) is 30.3 Å². The van der Waals surface area contributed by atoms with Crippen molar-refractivity contribution in [1.29, 1.82) is 0 Å². The average molecular weight is 564 g/mol. The highest BCUT2D eigenvalue weighted by Crippen LogP contribution is 2.19. The van der Waals surface area contributed by atoms with Gasteiger partial charge in [-0.05, 0) is 36.8 Å². The fourth-order valence-corrected chi connectivity index (χ4v) is 5.29. The van der Waals surface area contributed by atoms with Crippen LogP contribution in [0.25, 0.3) is 0 Å². The van der Waals surface area contributed by atoms with Crippen LogP contribution in [0.15, 0.2) is 91.0 Å². The number of benzene rings is 3. The molecule has 0 radical (unpaired) electrons. The fraction of sp³-hybridized carbons (Fsp3) is 0.441. The molecule has 0 aromatic heterocycles. The van der Waals surface area contributed by atoms with Gasteiger partial charge in [0.25, 0.3) is 0 Å². The highest BCUT2D eigenvalue weighted by molar-refractivity contribution is 5.73. The standard InChI is InChI=1S/2C13H19NO.C8H8O3/c2*15-13-9-5-4-8-12(13)14-10-11-6-2-1-3-7-11;9-7(8(10)11)6-4-2-1-3-5-6/h2*1-3,6-7,12-15H,4-5,8-10H2;1-5,7,9H,(H,10,11)/p+1/t2*12-,13-;7-/m001/s1. The Hall–Kier alpha value is -3.07. The molecule has 7 heteroatoms. The molecule has 0 saturated heterocycles. The molecule has 5 atom stereocenters. The monoisotopic (exact) mass is 563 g/mol. The van der Waals surface area contributed by atoms with Crippen LogP contribution in [-0.2, 0) is 17.9 Å². The largest absolute Gasteiger partial charge is 0.479 e. The summed E-state index contributed by atoms with van der Waals surface area (Å²) in [4.78, 5) is 10.2. The number of carboxylic acids is 1. The van der Waals surface area contributed by atoms with Gasteiger partial charge in [-0.1, -0.05) is 110 Å². The molecule has 7 nitrogen and oxygen atoms in total. The number of aliphatic hydroxyl groups excluding tert-OH is 3. The quantitative estimate of drug-likeness (QED) is 0.247. The minimum absolute atomic E-state index is 0.0949. The second kappa shape index (κ2) is 18.4. The third kappa shape index (κ3) is 12.1. The van der Waals surface area contributed by atoms with Crippen LogP contribution in [0.1, 0.15) is 74.2 Å². The molecule has 0 unspecified atom stereocenters. The topological polar surface area (TPSA) is 127 Å². The maximum atomic E-state index is 10.2. The number of carbonyl (C=O) groups is 1. The Labute approximate surface area is 244 Å². The summed E-state index contributed by atoms with van der Waals surface area (Å²) in [5.41, 5.74) is 3.03. The Bertz CT molecular complexity index is 1040. The van der Waals surface area contributed by atoms with Crippen molar-refractivity contribution in [2.45, 2.75) is 94.9 Å². The van der Waals surface area contributed by atoms with Gasteiger partial charge in [0, 0.05) is 24.6 Å². The number of quaternary nitrogens is 1. The number of hydrogen-bond donors (Lipinski definition) is 6. The summed E-state index contributed by atoms with van der Waals surface area (Å²) in [5.74, 6) is -1.23. The van der Waals surface area contributed by atoms with Crippen molar-refractivity contribution < 1.29 is 30.5 Å². The zero-order valence-corrected chi connectivity index (χ0v) is 23.9. The summed E-state index contributed by atoms with van der Waals surface area (Å²) >= 11 is 0. The van der Waals surface area contributed by atoms with Crippen LogP contribution in [0.4, 0.5) is 0 Å². The SMILES string of the molecule is O=C(O)[C@H](O)c1ccccc1.O[C@H]1CCCC[C@@H]1NCc1ccccc1.O[C@H]1CCCC[C@@H]1[NH2+]Cc1ccccc1. The Morgan fingerprint density at radius 3 is 1.80 bits per heavy atom. The van der Waals surface area contributed by atoms with Crippen LogP contribution in [0.5, 0.6) is 0 Å². The van der Waals surface area contributed by atoms with Crippen molar-refractivity contribution in [3.8, 4) is 0 Å². The van der Waals surface area contributed by atoms with E-state index in [4.69, 9.17) is 10.2 Å². The number of aliphatic hydroxyl groups is 3. The van der Waals surface area contributed by atoms with Crippen LogP contribution in [-0.4, -0.2) is 50.7 Å². The van der Waals surface area contributed by atoms with Crippen LogP contribution in [0.2, 0.25) is 0 Å². The highest BCUT2D eigenvalue weighted by atomic mass is 16.4. The van der Waals surface area contributed by atoms with E-state index in [1.807, 2.05) is 24.3 Å². The first kappa shape index (κ1) is 32.4. The lowest BCUT2D eigenvalue weighted by Crippen LogP contribution is -2.91. The van der Waals surface area contributed by atoms with Gasteiger partial charge in [0.2, 0.25) is 0 Å². The molecule has 2 fully saturated rings. The second-order valence-electron chi connectivity index (χ2n) is 10.9. The summed E-state index contributed by atoms with van der Waals surface area (Å²) in [6.07, 6.45) is 7.42. The van der Waals surface area contributed by atoms with Gasteiger partial charge in [-0.2, -0.15) is 0 Å². The molecule has 41 heavy (non-hydrogen) atoms. The molecule has 2 aliphatic rings. The molecule has 0 bridgehead atoms. The molecule has 0 heterocycles. The van der Waals surface area contributed by atoms with E-state index in [-0.39, 0.29) is 12.2 Å². The Morgan fingerprint density at radius 2 is 1.24 bits per heavy atom. The van der Waals surface area contributed by atoms with E-state index >= 15 is 0 Å². The lowest BCUT2D eigenvalue weighted by Gasteiger charge is -2.28. The molecule has 7 N–H and O–H groups in total. The van der Waals surface area contributed by atoms with Crippen molar-refractivity contribution in [1.82, 2.24) is 5.32 Å².